The van der Waals surface area contributed by atoms with Crippen molar-refractivity contribution in [2.75, 3.05) is 6.54 Å². The van der Waals surface area contributed by atoms with Gasteiger partial charge in [-0.15, -0.1) is 0 Å². The van der Waals surface area contributed by atoms with Gasteiger partial charge in [0.05, 0.1) is 23.1 Å². The van der Waals surface area contributed by atoms with Crippen LogP contribution in [0.1, 0.15) is 10.4 Å². The van der Waals surface area contributed by atoms with Gasteiger partial charge in [-0.2, -0.15) is 0 Å². The van der Waals surface area contributed by atoms with Crippen LogP contribution in [0.4, 0.5) is 0 Å². The zero-order valence-corrected chi connectivity index (χ0v) is 6.95. The third-order valence-corrected chi connectivity index (χ3v) is 1.92. The van der Waals surface area contributed by atoms with Crippen LogP contribution in [0, 0.1) is 0 Å². The normalized spacial score (nSPS) is 10.5. The molecule has 0 aliphatic rings. The van der Waals surface area contributed by atoms with E-state index in [2.05, 4.69) is 9.97 Å². The third-order valence-electron chi connectivity index (χ3n) is 1.92. The van der Waals surface area contributed by atoms with Crippen LogP contribution in [-0.2, 0) is 0 Å². The molecule has 0 radical (unpaired) electrons. The standard InChI is InChI=1S/C9H9N3O/c10-4-8(13)6-5-12-7-2-1-3-11-9(6)7/h1-3,5,12H,4,10H2. The molecular formula is C9H9N3O. The van der Waals surface area contributed by atoms with Crippen LogP contribution in [0.15, 0.2) is 24.5 Å². The van der Waals surface area contributed by atoms with E-state index in [0.29, 0.717) is 11.1 Å². The average molecular weight is 175 g/mol. The first-order valence-electron chi connectivity index (χ1n) is 3.98. The average Bonchev–Trinajstić information content (AvgIpc) is 2.60. The topological polar surface area (TPSA) is 71.8 Å². The van der Waals surface area contributed by atoms with Crippen LogP contribution < -0.4 is 5.73 Å². The van der Waals surface area contributed by atoms with Crippen molar-refractivity contribution in [2.45, 2.75) is 0 Å². The maximum atomic E-state index is 11.3. The summed E-state index contributed by atoms with van der Waals surface area (Å²) in [5.41, 5.74) is 7.38. The van der Waals surface area contributed by atoms with E-state index in [-0.39, 0.29) is 12.3 Å². The molecule has 2 heterocycles. The van der Waals surface area contributed by atoms with E-state index in [4.69, 9.17) is 5.73 Å². The highest BCUT2D eigenvalue weighted by Crippen LogP contribution is 2.14. The zero-order valence-electron chi connectivity index (χ0n) is 6.95. The van der Waals surface area contributed by atoms with E-state index in [1.165, 1.54) is 0 Å². The van der Waals surface area contributed by atoms with Crippen LogP contribution in [0.3, 0.4) is 0 Å². The van der Waals surface area contributed by atoms with E-state index in [9.17, 15) is 4.79 Å². The summed E-state index contributed by atoms with van der Waals surface area (Å²) in [6.45, 7) is 0.0174. The highest BCUT2D eigenvalue weighted by Gasteiger charge is 2.10. The number of rotatable bonds is 2. The molecule has 0 aromatic carbocycles. The maximum Gasteiger partial charge on any atom is 0.180 e. The minimum Gasteiger partial charge on any atom is -0.359 e. The predicted octanol–water partition coefficient (Wildman–Crippen LogP) is 0.704. The summed E-state index contributed by atoms with van der Waals surface area (Å²) in [6.07, 6.45) is 3.30. The monoisotopic (exact) mass is 175 g/mol. The quantitative estimate of drug-likeness (QED) is 0.660. The number of nitrogens with two attached hydrogens (primary N) is 1. The van der Waals surface area contributed by atoms with Gasteiger partial charge in [0.1, 0.15) is 0 Å². The molecule has 2 aromatic heterocycles. The largest absolute Gasteiger partial charge is 0.359 e. The zero-order chi connectivity index (χ0) is 9.26. The van der Waals surface area contributed by atoms with Crippen molar-refractivity contribution in [1.29, 1.82) is 0 Å². The Morgan fingerprint density at radius 2 is 2.46 bits per heavy atom. The Morgan fingerprint density at radius 1 is 1.62 bits per heavy atom. The first-order valence-corrected chi connectivity index (χ1v) is 3.98. The Kier molecular flexibility index (Phi) is 1.83. The highest BCUT2D eigenvalue weighted by molar-refractivity contribution is 6.07. The fraction of sp³-hybridized carbons (Fsp3) is 0.111. The number of carbonyl (C=O) groups is 1. The van der Waals surface area contributed by atoms with Crippen molar-refractivity contribution >= 4 is 16.8 Å². The molecule has 0 aliphatic heterocycles. The number of nitrogens with zero attached hydrogens (tertiary/aromatic N) is 1. The first kappa shape index (κ1) is 7.94. The second kappa shape index (κ2) is 2.99. The smallest absolute Gasteiger partial charge is 0.180 e. The summed E-state index contributed by atoms with van der Waals surface area (Å²) in [4.78, 5) is 18.4. The minimum atomic E-state index is -0.0926. The number of ketones is 1. The van der Waals surface area contributed by atoms with E-state index in [1.807, 2.05) is 12.1 Å². The Hall–Kier alpha value is -1.68. The SMILES string of the molecule is NCC(=O)c1c[nH]c2cccnc12. The van der Waals surface area contributed by atoms with Crippen LogP contribution in [0.25, 0.3) is 11.0 Å². The maximum absolute atomic E-state index is 11.3. The third kappa shape index (κ3) is 1.21. The van der Waals surface area contributed by atoms with Crippen molar-refractivity contribution in [1.82, 2.24) is 9.97 Å². The van der Waals surface area contributed by atoms with Crippen LogP contribution in [0.2, 0.25) is 0 Å². The van der Waals surface area contributed by atoms with Gasteiger partial charge in [0, 0.05) is 12.4 Å². The molecule has 13 heavy (non-hydrogen) atoms. The summed E-state index contributed by atoms with van der Waals surface area (Å²) in [5.74, 6) is -0.0926. The molecule has 4 heteroatoms. The molecule has 0 unspecified atom stereocenters. The van der Waals surface area contributed by atoms with Gasteiger partial charge < -0.3 is 10.7 Å². The van der Waals surface area contributed by atoms with E-state index < -0.39 is 0 Å². The Labute approximate surface area is 74.8 Å². The van der Waals surface area contributed by atoms with Gasteiger partial charge in [0.15, 0.2) is 5.78 Å². The summed E-state index contributed by atoms with van der Waals surface area (Å²) in [7, 11) is 0. The highest BCUT2D eigenvalue weighted by atomic mass is 16.1. The number of carbonyl (C=O) groups excluding carboxylic acids is 1. The summed E-state index contributed by atoms with van der Waals surface area (Å²) < 4.78 is 0. The number of pyridine rings is 1. The lowest BCUT2D eigenvalue weighted by atomic mass is 10.2. The lowest BCUT2D eigenvalue weighted by Crippen LogP contribution is -2.13. The van der Waals surface area contributed by atoms with E-state index >= 15 is 0 Å². The summed E-state index contributed by atoms with van der Waals surface area (Å²) >= 11 is 0. The lowest BCUT2D eigenvalue weighted by Gasteiger charge is -1.92. The van der Waals surface area contributed by atoms with Gasteiger partial charge in [-0.1, -0.05) is 0 Å². The molecule has 0 fully saturated rings. The fourth-order valence-corrected chi connectivity index (χ4v) is 1.28. The summed E-state index contributed by atoms with van der Waals surface area (Å²) in [6, 6.07) is 3.69. The number of Topliss-reactive ketones (excluding diaryl/α,β-unsaturated/α-hetero) is 1. The van der Waals surface area contributed by atoms with Crippen molar-refractivity contribution in [3.05, 3.63) is 30.1 Å². The predicted molar refractivity (Wildman–Crippen MR) is 49.5 cm³/mol. The Bertz CT molecular complexity index is 447. The van der Waals surface area contributed by atoms with Crippen LogP contribution in [0.5, 0.6) is 0 Å². The van der Waals surface area contributed by atoms with Gasteiger partial charge in [-0.3, -0.25) is 9.78 Å². The molecule has 0 saturated heterocycles. The van der Waals surface area contributed by atoms with E-state index in [0.717, 1.165) is 5.52 Å². The van der Waals surface area contributed by atoms with Crippen molar-refractivity contribution in [3.63, 3.8) is 0 Å². The molecule has 3 N–H and O–H groups in total. The van der Waals surface area contributed by atoms with Gasteiger partial charge in [-0.05, 0) is 12.1 Å². The molecule has 0 saturated carbocycles. The summed E-state index contributed by atoms with van der Waals surface area (Å²) in [5, 5.41) is 0. The lowest BCUT2D eigenvalue weighted by molar-refractivity contribution is 0.100. The van der Waals surface area contributed by atoms with Gasteiger partial charge >= 0.3 is 0 Å². The molecule has 0 atom stereocenters. The number of fused-ring (bicyclic) bond motifs is 1. The molecular weight excluding hydrogens is 166 g/mol. The number of nitrogens with one attached hydrogen (secondary N) is 1. The Balaban J connectivity index is 2.64. The van der Waals surface area contributed by atoms with Crippen molar-refractivity contribution in [3.8, 4) is 0 Å². The van der Waals surface area contributed by atoms with Crippen molar-refractivity contribution < 1.29 is 4.79 Å². The van der Waals surface area contributed by atoms with Crippen molar-refractivity contribution in [2.24, 2.45) is 5.73 Å². The minimum absolute atomic E-state index is 0.0174. The second-order valence-corrected chi connectivity index (χ2v) is 2.73. The number of H-pyrrole nitrogens is 1. The molecule has 4 nitrogen and oxygen atoms in total. The number of hydrogen-bond donors (Lipinski definition) is 2. The molecule has 0 aliphatic carbocycles. The molecule has 0 bridgehead atoms. The number of aromatic amines is 1. The molecule has 2 aromatic rings. The first-order chi connectivity index (χ1) is 6.33. The van der Waals surface area contributed by atoms with Crippen LogP contribution in [-0.4, -0.2) is 22.3 Å². The second-order valence-electron chi connectivity index (χ2n) is 2.73. The number of hydrogen-bond acceptors (Lipinski definition) is 3. The molecule has 2 rings (SSSR count). The molecule has 66 valence electrons. The number of aromatic nitrogens is 2. The van der Waals surface area contributed by atoms with Gasteiger partial charge in [0.2, 0.25) is 0 Å². The van der Waals surface area contributed by atoms with Gasteiger partial charge in [0.25, 0.3) is 0 Å². The van der Waals surface area contributed by atoms with Crippen LogP contribution >= 0.6 is 0 Å². The Morgan fingerprint density at radius 3 is 3.23 bits per heavy atom. The molecule has 0 amide bonds. The van der Waals surface area contributed by atoms with E-state index in [1.54, 1.807) is 12.4 Å². The molecule has 0 spiro atoms. The fourth-order valence-electron chi connectivity index (χ4n) is 1.28. The van der Waals surface area contributed by atoms with Gasteiger partial charge in [-0.25, -0.2) is 0 Å².